The molecule has 24 heavy (non-hydrogen) atoms. The van der Waals surface area contributed by atoms with Crippen molar-refractivity contribution in [2.24, 2.45) is 4.99 Å². The molecule has 0 radical (unpaired) electrons. The predicted octanol–water partition coefficient (Wildman–Crippen LogP) is 4.00. The molecule has 0 bridgehead atoms. The molecule has 1 saturated heterocycles. The van der Waals surface area contributed by atoms with Crippen LogP contribution < -0.4 is 10.6 Å². The summed E-state index contributed by atoms with van der Waals surface area (Å²) >= 11 is 1.87. The van der Waals surface area contributed by atoms with Crippen LogP contribution in [-0.2, 0) is 0 Å². The maximum absolute atomic E-state index is 4.44. The van der Waals surface area contributed by atoms with Crippen molar-refractivity contribution < 1.29 is 0 Å². The highest BCUT2D eigenvalue weighted by molar-refractivity contribution is 14.0. The third-order valence-corrected chi connectivity index (χ3v) is 6.06. The summed E-state index contributed by atoms with van der Waals surface area (Å²) in [7, 11) is 1.88. The van der Waals surface area contributed by atoms with Gasteiger partial charge in [-0.2, -0.15) is 0 Å². The monoisotopic (exact) mass is 462 g/mol. The van der Waals surface area contributed by atoms with E-state index in [1.165, 1.54) is 62.9 Å². The normalized spacial score (nSPS) is 21.3. The van der Waals surface area contributed by atoms with E-state index in [1.807, 2.05) is 18.4 Å². The van der Waals surface area contributed by atoms with Crippen molar-refractivity contribution in [3.8, 4) is 0 Å². The van der Waals surface area contributed by atoms with Crippen LogP contribution in [0.4, 0.5) is 0 Å². The molecule has 1 aliphatic heterocycles. The Morgan fingerprint density at radius 3 is 2.62 bits per heavy atom. The topological polar surface area (TPSA) is 39.7 Å². The maximum atomic E-state index is 4.44. The van der Waals surface area contributed by atoms with E-state index in [4.69, 9.17) is 0 Å². The van der Waals surface area contributed by atoms with E-state index in [0.29, 0.717) is 12.1 Å². The van der Waals surface area contributed by atoms with Crippen LogP contribution in [0, 0.1) is 0 Å². The van der Waals surface area contributed by atoms with Gasteiger partial charge in [-0.1, -0.05) is 25.3 Å². The van der Waals surface area contributed by atoms with Gasteiger partial charge >= 0.3 is 0 Å². The number of halogens is 1. The maximum Gasteiger partial charge on any atom is 0.191 e. The van der Waals surface area contributed by atoms with E-state index >= 15 is 0 Å². The highest BCUT2D eigenvalue weighted by atomic mass is 127. The van der Waals surface area contributed by atoms with Crippen LogP contribution in [0.1, 0.15) is 55.9 Å². The summed E-state index contributed by atoms with van der Waals surface area (Å²) in [5.74, 6) is 0.970. The number of likely N-dealkylation sites (tertiary alicyclic amines) is 1. The minimum absolute atomic E-state index is 0. The summed E-state index contributed by atoms with van der Waals surface area (Å²) in [5, 5.41) is 9.39. The predicted molar refractivity (Wildman–Crippen MR) is 115 cm³/mol. The molecule has 1 unspecified atom stereocenters. The first-order valence-electron chi connectivity index (χ1n) is 9.11. The molecule has 2 aliphatic rings. The van der Waals surface area contributed by atoms with Gasteiger partial charge < -0.3 is 10.6 Å². The zero-order valence-electron chi connectivity index (χ0n) is 14.7. The molecule has 1 saturated carbocycles. The summed E-state index contributed by atoms with van der Waals surface area (Å²) in [6, 6.07) is 5.51. The summed E-state index contributed by atoms with van der Waals surface area (Å²) in [6.45, 7) is 3.38. The number of hydrogen-bond donors (Lipinski definition) is 2. The van der Waals surface area contributed by atoms with Gasteiger partial charge in [0.25, 0.3) is 0 Å². The first-order chi connectivity index (χ1) is 11.4. The summed E-state index contributed by atoms with van der Waals surface area (Å²) in [4.78, 5) is 8.52. The number of nitrogens with one attached hydrogen (secondary N) is 2. The molecule has 0 amide bonds. The second-order valence-corrected chi connectivity index (χ2v) is 7.69. The van der Waals surface area contributed by atoms with Crippen molar-refractivity contribution in [1.29, 1.82) is 0 Å². The first-order valence-corrected chi connectivity index (χ1v) is 9.99. The summed E-state index contributed by atoms with van der Waals surface area (Å²) in [5.41, 5.74) is 0. The quantitative estimate of drug-likeness (QED) is 0.395. The second-order valence-electron chi connectivity index (χ2n) is 6.71. The molecule has 1 aromatic heterocycles. The van der Waals surface area contributed by atoms with Gasteiger partial charge in [0.15, 0.2) is 5.96 Å². The van der Waals surface area contributed by atoms with Crippen molar-refractivity contribution in [2.75, 3.05) is 26.7 Å². The van der Waals surface area contributed by atoms with Crippen LogP contribution in [0.25, 0.3) is 0 Å². The number of guanidine groups is 1. The van der Waals surface area contributed by atoms with Crippen LogP contribution in [0.5, 0.6) is 0 Å². The minimum atomic E-state index is 0. The molecule has 0 spiro atoms. The number of thiophene rings is 1. The lowest BCUT2D eigenvalue weighted by molar-refractivity contribution is 0.248. The molecular formula is C18H31IN4S. The van der Waals surface area contributed by atoms with Crippen molar-refractivity contribution in [3.05, 3.63) is 22.4 Å². The number of hydrogen-bond acceptors (Lipinski definition) is 3. The third-order valence-electron chi connectivity index (χ3n) is 5.09. The van der Waals surface area contributed by atoms with Crippen molar-refractivity contribution in [1.82, 2.24) is 15.5 Å². The molecular weight excluding hydrogens is 431 g/mol. The highest BCUT2D eigenvalue weighted by Crippen LogP contribution is 2.27. The molecule has 136 valence electrons. The SMILES string of the molecule is CN=C(NCC(c1cccs1)N1CCCC1)NC1CCCCC1.I. The average Bonchev–Trinajstić information content (AvgIpc) is 3.29. The zero-order valence-corrected chi connectivity index (χ0v) is 17.8. The van der Waals surface area contributed by atoms with Crippen molar-refractivity contribution in [3.63, 3.8) is 0 Å². The van der Waals surface area contributed by atoms with Crippen LogP contribution in [-0.4, -0.2) is 43.6 Å². The number of nitrogens with zero attached hydrogens (tertiary/aromatic N) is 2. The van der Waals surface area contributed by atoms with E-state index in [9.17, 15) is 0 Å². The molecule has 2 N–H and O–H groups in total. The Hall–Kier alpha value is -0.340. The first kappa shape index (κ1) is 20.0. The molecule has 2 heterocycles. The van der Waals surface area contributed by atoms with E-state index in [0.717, 1.165) is 12.5 Å². The lowest BCUT2D eigenvalue weighted by Gasteiger charge is -2.29. The van der Waals surface area contributed by atoms with Crippen LogP contribution in [0.3, 0.4) is 0 Å². The number of rotatable bonds is 5. The summed E-state index contributed by atoms with van der Waals surface area (Å²) in [6.07, 6.45) is 9.30. The molecule has 0 aromatic carbocycles. The average molecular weight is 462 g/mol. The zero-order chi connectivity index (χ0) is 15.9. The van der Waals surface area contributed by atoms with Gasteiger partial charge in [0, 0.05) is 24.5 Å². The molecule has 6 heteroatoms. The Kier molecular flexibility index (Phi) is 8.83. The minimum Gasteiger partial charge on any atom is -0.354 e. The molecule has 2 fully saturated rings. The fourth-order valence-corrected chi connectivity index (χ4v) is 4.63. The van der Waals surface area contributed by atoms with E-state index in [2.05, 4.69) is 38.0 Å². The van der Waals surface area contributed by atoms with Gasteiger partial charge in [-0.25, -0.2) is 0 Å². The van der Waals surface area contributed by atoms with Gasteiger partial charge in [0.1, 0.15) is 0 Å². The molecule has 1 aliphatic carbocycles. The largest absolute Gasteiger partial charge is 0.354 e. The van der Waals surface area contributed by atoms with Crippen molar-refractivity contribution >= 4 is 41.3 Å². The van der Waals surface area contributed by atoms with Crippen LogP contribution in [0.15, 0.2) is 22.5 Å². The molecule has 3 rings (SSSR count). The molecule has 4 nitrogen and oxygen atoms in total. The van der Waals surface area contributed by atoms with Gasteiger partial charge in [-0.3, -0.25) is 9.89 Å². The summed E-state index contributed by atoms with van der Waals surface area (Å²) < 4.78 is 0. The Balaban J connectivity index is 0.00000208. The van der Waals surface area contributed by atoms with E-state index in [1.54, 1.807) is 0 Å². The van der Waals surface area contributed by atoms with Crippen LogP contribution >= 0.6 is 35.3 Å². The standard InChI is InChI=1S/C18H30N4S.HI/c1-19-18(21-15-8-3-2-4-9-15)20-14-16(17-10-7-13-23-17)22-11-5-6-12-22;/h7,10,13,15-16H,2-6,8-9,11-12,14H2,1H3,(H2,19,20,21);1H. The van der Waals surface area contributed by atoms with Gasteiger partial charge in [-0.15, -0.1) is 35.3 Å². The van der Waals surface area contributed by atoms with Gasteiger partial charge in [-0.05, 0) is 50.2 Å². The van der Waals surface area contributed by atoms with Gasteiger partial charge in [0.2, 0.25) is 0 Å². The third kappa shape index (κ3) is 5.59. The fourth-order valence-electron chi connectivity index (χ4n) is 3.77. The Bertz CT molecular complexity index is 479. The molecule has 1 aromatic rings. The highest BCUT2D eigenvalue weighted by Gasteiger charge is 2.24. The van der Waals surface area contributed by atoms with Crippen molar-refractivity contribution in [2.45, 2.75) is 57.0 Å². The lowest BCUT2D eigenvalue weighted by atomic mass is 9.96. The Morgan fingerprint density at radius 2 is 2.00 bits per heavy atom. The Labute approximate surface area is 167 Å². The van der Waals surface area contributed by atoms with Gasteiger partial charge in [0.05, 0.1) is 6.04 Å². The number of aliphatic imine (C=N–C) groups is 1. The Morgan fingerprint density at radius 1 is 1.25 bits per heavy atom. The molecule has 1 atom stereocenters. The second kappa shape index (κ2) is 10.6. The van der Waals surface area contributed by atoms with Crippen LogP contribution in [0.2, 0.25) is 0 Å². The smallest absolute Gasteiger partial charge is 0.191 e. The lowest BCUT2D eigenvalue weighted by Crippen LogP contribution is -2.46. The fraction of sp³-hybridized carbons (Fsp3) is 0.722. The van der Waals surface area contributed by atoms with E-state index < -0.39 is 0 Å². The van der Waals surface area contributed by atoms with E-state index in [-0.39, 0.29) is 24.0 Å².